The summed E-state index contributed by atoms with van der Waals surface area (Å²) >= 11 is 0. The summed E-state index contributed by atoms with van der Waals surface area (Å²) in [4.78, 5) is -5.54. The molecule has 20 heavy (non-hydrogen) atoms. The minimum absolute atomic E-state index is 0.492. The molecule has 10 heteroatoms. The Bertz CT molecular complexity index is 678. The van der Waals surface area contributed by atoms with Crippen LogP contribution in [0.1, 0.15) is 12.8 Å². The van der Waals surface area contributed by atoms with E-state index < -0.39 is 54.1 Å². The molecule has 4 N–H and O–H groups in total. The van der Waals surface area contributed by atoms with Crippen molar-refractivity contribution in [1.82, 2.24) is 0 Å². The molecule has 0 aromatic heterocycles. The van der Waals surface area contributed by atoms with E-state index in [-0.39, 0.29) is 0 Å². The topological polar surface area (TPSA) is 149 Å². The van der Waals surface area contributed by atoms with Crippen molar-refractivity contribution >= 4 is 20.2 Å². The van der Waals surface area contributed by atoms with E-state index in [4.69, 9.17) is 9.11 Å². The number of hydrogen-bond donors (Lipinski definition) is 4. The molecule has 2 rings (SSSR count). The summed E-state index contributed by atoms with van der Waals surface area (Å²) in [5.74, 6) is 0. The van der Waals surface area contributed by atoms with Crippen LogP contribution in [0.3, 0.4) is 0 Å². The van der Waals surface area contributed by atoms with Crippen LogP contribution in [0.15, 0.2) is 35.5 Å². The number of aliphatic hydroxyl groups is 2. The summed E-state index contributed by atoms with van der Waals surface area (Å²) < 4.78 is 63.6. The maximum absolute atomic E-state index is 11.3. The first kappa shape index (κ1) is 15.4. The smallest absolute Gasteiger partial charge is 0.299 e. The number of hydrogen-bond acceptors (Lipinski definition) is 6. The highest BCUT2D eigenvalue weighted by Crippen LogP contribution is 2.43. The van der Waals surface area contributed by atoms with Gasteiger partial charge >= 0.3 is 0 Å². The molecule has 2 aliphatic carbocycles. The highest BCUT2D eigenvalue weighted by atomic mass is 32.2. The highest BCUT2D eigenvalue weighted by Gasteiger charge is 2.53. The van der Waals surface area contributed by atoms with Crippen LogP contribution in [0.25, 0.3) is 0 Å². The zero-order valence-electron chi connectivity index (χ0n) is 9.96. The van der Waals surface area contributed by atoms with Gasteiger partial charge in [0.15, 0.2) is 0 Å². The maximum atomic E-state index is 11.3. The predicted molar refractivity (Wildman–Crippen MR) is 67.5 cm³/mol. The van der Waals surface area contributed by atoms with Gasteiger partial charge in [-0.15, -0.1) is 0 Å². The Morgan fingerprint density at radius 2 is 1.10 bits per heavy atom. The molecular formula is C10H12O8S2. The van der Waals surface area contributed by atoms with E-state index in [2.05, 4.69) is 0 Å². The fourth-order valence-electron chi connectivity index (χ4n) is 2.24. The van der Waals surface area contributed by atoms with Crippen LogP contribution in [0.5, 0.6) is 0 Å². The van der Waals surface area contributed by atoms with Crippen molar-refractivity contribution in [2.75, 3.05) is 0 Å². The Morgan fingerprint density at radius 3 is 1.35 bits per heavy atom. The molecule has 0 heterocycles. The second kappa shape index (κ2) is 4.23. The van der Waals surface area contributed by atoms with Gasteiger partial charge in [0.25, 0.3) is 20.2 Å². The molecule has 2 aliphatic rings. The SMILES string of the molecule is O=S(=O)(O)C1(O)CC=CC2=C1C=CCC2(O)S(=O)(=O)O. The third kappa shape index (κ3) is 1.96. The van der Waals surface area contributed by atoms with Crippen LogP contribution in [-0.4, -0.2) is 46.0 Å². The zero-order chi connectivity index (χ0) is 15.4. The first-order chi connectivity index (χ1) is 8.93. The molecule has 112 valence electrons. The molecule has 0 aromatic rings. The molecule has 0 saturated carbocycles. The van der Waals surface area contributed by atoms with Crippen molar-refractivity contribution in [3.05, 3.63) is 35.5 Å². The number of rotatable bonds is 2. The lowest BCUT2D eigenvalue weighted by molar-refractivity contribution is 0.128. The van der Waals surface area contributed by atoms with Gasteiger partial charge in [0, 0.05) is 24.0 Å². The van der Waals surface area contributed by atoms with Gasteiger partial charge in [-0.25, -0.2) is 0 Å². The van der Waals surface area contributed by atoms with E-state index >= 15 is 0 Å². The van der Waals surface area contributed by atoms with Crippen LogP contribution in [-0.2, 0) is 20.2 Å². The van der Waals surface area contributed by atoms with Crippen molar-refractivity contribution in [3.8, 4) is 0 Å². The van der Waals surface area contributed by atoms with Crippen molar-refractivity contribution in [3.63, 3.8) is 0 Å². The van der Waals surface area contributed by atoms with Crippen LogP contribution in [0.2, 0.25) is 0 Å². The molecule has 0 aromatic carbocycles. The fraction of sp³-hybridized carbons (Fsp3) is 0.400. The van der Waals surface area contributed by atoms with Crippen LogP contribution >= 0.6 is 0 Å². The largest absolute Gasteiger partial charge is 0.369 e. The minimum atomic E-state index is -4.98. The molecular weight excluding hydrogens is 312 g/mol. The van der Waals surface area contributed by atoms with Crippen molar-refractivity contribution < 1.29 is 36.2 Å². The maximum Gasteiger partial charge on any atom is 0.299 e. The van der Waals surface area contributed by atoms with Crippen molar-refractivity contribution in [2.45, 2.75) is 22.7 Å². The first-order valence-electron chi connectivity index (χ1n) is 5.40. The Balaban J connectivity index is 2.79. The Hall–Kier alpha value is -1.04. The molecule has 2 atom stereocenters. The van der Waals surface area contributed by atoms with Gasteiger partial charge in [0.05, 0.1) is 0 Å². The third-order valence-corrected chi connectivity index (χ3v) is 5.82. The van der Waals surface area contributed by atoms with Gasteiger partial charge < -0.3 is 10.2 Å². The van der Waals surface area contributed by atoms with Gasteiger partial charge in [-0.2, -0.15) is 16.8 Å². The quantitative estimate of drug-likeness (QED) is 0.490. The Morgan fingerprint density at radius 1 is 0.800 bits per heavy atom. The molecule has 0 saturated heterocycles. The lowest BCUT2D eigenvalue weighted by Crippen LogP contribution is -2.48. The normalized spacial score (nSPS) is 34.2. The van der Waals surface area contributed by atoms with E-state index in [9.17, 15) is 27.0 Å². The monoisotopic (exact) mass is 324 g/mol. The van der Waals surface area contributed by atoms with Crippen LogP contribution in [0.4, 0.5) is 0 Å². The van der Waals surface area contributed by atoms with E-state index in [0.717, 1.165) is 24.3 Å². The van der Waals surface area contributed by atoms with Crippen molar-refractivity contribution in [2.24, 2.45) is 0 Å². The summed E-state index contributed by atoms with van der Waals surface area (Å²) in [6.45, 7) is 0. The minimum Gasteiger partial charge on any atom is -0.369 e. The lowest BCUT2D eigenvalue weighted by atomic mass is 9.86. The van der Waals surface area contributed by atoms with E-state index in [1.165, 1.54) is 0 Å². The Kier molecular flexibility index (Phi) is 3.24. The summed E-state index contributed by atoms with van der Waals surface area (Å²) in [7, 11) is -9.97. The van der Waals surface area contributed by atoms with Crippen molar-refractivity contribution in [1.29, 1.82) is 0 Å². The molecule has 0 aliphatic heterocycles. The lowest BCUT2D eigenvalue weighted by Gasteiger charge is -2.37. The van der Waals surface area contributed by atoms with Gasteiger partial charge in [0.2, 0.25) is 9.87 Å². The van der Waals surface area contributed by atoms with Gasteiger partial charge in [0.1, 0.15) is 0 Å². The summed E-state index contributed by atoms with van der Waals surface area (Å²) in [6, 6.07) is 0. The second-order valence-electron chi connectivity index (χ2n) is 4.56. The highest BCUT2D eigenvalue weighted by molar-refractivity contribution is 7.87. The Labute approximate surface area is 115 Å². The van der Waals surface area contributed by atoms with E-state index in [1.54, 1.807) is 0 Å². The van der Waals surface area contributed by atoms with Gasteiger partial charge in [-0.1, -0.05) is 24.3 Å². The summed E-state index contributed by atoms with van der Waals surface area (Å²) in [5.41, 5.74) is -0.984. The molecule has 0 radical (unpaired) electrons. The zero-order valence-corrected chi connectivity index (χ0v) is 11.6. The van der Waals surface area contributed by atoms with Crippen LogP contribution < -0.4 is 0 Å². The standard InChI is InChI=1S/C10H12O8S2/c11-9(19(13,14)15)5-1-3-7-8(9)4-2-6-10(7,12)20(16,17)18/h1-4,11-12H,5-6H2,(H,13,14,15)(H,16,17,18). The molecule has 0 bridgehead atoms. The van der Waals surface area contributed by atoms with Gasteiger partial charge in [-0.3, -0.25) is 9.11 Å². The average molecular weight is 324 g/mol. The molecule has 0 spiro atoms. The molecule has 8 nitrogen and oxygen atoms in total. The molecule has 0 amide bonds. The predicted octanol–water partition coefficient (Wildman–Crippen LogP) is -0.644. The summed E-state index contributed by atoms with van der Waals surface area (Å²) in [5, 5.41) is 20.2. The summed E-state index contributed by atoms with van der Waals surface area (Å²) in [6.07, 6.45) is 3.31. The third-order valence-electron chi connectivity index (χ3n) is 3.34. The molecule has 0 fully saturated rings. The average Bonchev–Trinajstić information content (AvgIpc) is 2.28. The first-order valence-corrected chi connectivity index (χ1v) is 8.29. The molecule has 2 unspecified atom stereocenters. The van der Waals surface area contributed by atoms with Gasteiger partial charge in [-0.05, 0) is 0 Å². The van der Waals surface area contributed by atoms with Crippen LogP contribution in [0, 0.1) is 0 Å². The van der Waals surface area contributed by atoms with E-state index in [0.29, 0.717) is 0 Å². The second-order valence-corrected chi connectivity index (χ2v) is 7.81. The fourth-order valence-corrected chi connectivity index (χ4v) is 3.77. The van der Waals surface area contributed by atoms with E-state index in [1.807, 2.05) is 0 Å².